The standard InChI is InChI=1S/C11H9FN4O2/c12-7-2-1-3-8(6-7)18-11-9(10(13)16-17)14-4-5-15-11/h1-6,17H,(H2,13,16). The first kappa shape index (κ1) is 11.8. The van der Waals surface area contributed by atoms with Crippen molar-refractivity contribution >= 4 is 5.84 Å². The molecule has 0 bridgehead atoms. The van der Waals surface area contributed by atoms with Gasteiger partial charge in [-0.2, -0.15) is 0 Å². The summed E-state index contributed by atoms with van der Waals surface area (Å²) >= 11 is 0. The molecular weight excluding hydrogens is 239 g/mol. The van der Waals surface area contributed by atoms with E-state index in [-0.39, 0.29) is 23.2 Å². The van der Waals surface area contributed by atoms with Crippen LogP contribution in [0.4, 0.5) is 4.39 Å². The quantitative estimate of drug-likeness (QED) is 0.371. The molecule has 2 aromatic rings. The molecule has 6 nitrogen and oxygen atoms in total. The molecular formula is C11H9FN4O2. The number of aromatic nitrogens is 2. The smallest absolute Gasteiger partial charge is 0.249 e. The van der Waals surface area contributed by atoms with Crippen molar-refractivity contribution in [3.8, 4) is 11.6 Å². The minimum atomic E-state index is -0.443. The van der Waals surface area contributed by atoms with E-state index < -0.39 is 5.82 Å². The summed E-state index contributed by atoms with van der Waals surface area (Å²) in [4.78, 5) is 7.76. The van der Waals surface area contributed by atoms with Crippen LogP contribution in [0.1, 0.15) is 5.69 Å². The summed E-state index contributed by atoms with van der Waals surface area (Å²) in [5, 5.41) is 11.4. The van der Waals surface area contributed by atoms with Crippen molar-refractivity contribution in [3.05, 3.63) is 48.2 Å². The fraction of sp³-hybridized carbons (Fsp3) is 0. The van der Waals surface area contributed by atoms with E-state index in [9.17, 15) is 4.39 Å². The average Bonchev–Trinajstić information content (AvgIpc) is 2.38. The van der Waals surface area contributed by atoms with Gasteiger partial charge in [-0.05, 0) is 12.1 Å². The van der Waals surface area contributed by atoms with Gasteiger partial charge >= 0.3 is 0 Å². The van der Waals surface area contributed by atoms with Gasteiger partial charge in [0, 0.05) is 18.5 Å². The van der Waals surface area contributed by atoms with Gasteiger partial charge in [-0.25, -0.2) is 14.4 Å². The third-order valence-electron chi connectivity index (χ3n) is 2.03. The van der Waals surface area contributed by atoms with Crippen molar-refractivity contribution in [2.24, 2.45) is 10.9 Å². The highest BCUT2D eigenvalue weighted by atomic mass is 19.1. The van der Waals surface area contributed by atoms with Crippen LogP contribution < -0.4 is 10.5 Å². The van der Waals surface area contributed by atoms with Crippen LogP contribution in [-0.4, -0.2) is 21.0 Å². The van der Waals surface area contributed by atoms with Gasteiger partial charge in [0.05, 0.1) is 0 Å². The fourth-order valence-electron chi connectivity index (χ4n) is 1.27. The molecule has 0 amide bonds. The second-order valence-corrected chi connectivity index (χ2v) is 3.25. The number of nitrogens with zero attached hydrogens (tertiary/aromatic N) is 3. The molecule has 0 aliphatic rings. The van der Waals surface area contributed by atoms with Crippen LogP contribution in [0.3, 0.4) is 0 Å². The number of hydrogen-bond acceptors (Lipinski definition) is 5. The number of rotatable bonds is 3. The molecule has 0 saturated carbocycles. The topological polar surface area (TPSA) is 93.6 Å². The Bertz CT molecular complexity index is 589. The Morgan fingerprint density at radius 2 is 2.11 bits per heavy atom. The molecule has 1 aromatic heterocycles. The van der Waals surface area contributed by atoms with Gasteiger partial charge in [0.1, 0.15) is 11.6 Å². The monoisotopic (exact) mass is 248 g/mol. The van der Waals surface area contributed by atoms with Gasteiger partial charge in [-0.15, -0.1) is 0 Å². The minimum Gasteiger partial charge on any atom is -0.437 e. The van der Waals surface area contributed by atoms with Crippen molar-refractivity contribution in [2.75, 3.05) is 0 Å². The second-order valence-electron chi connectivity index (χ2n) is 3.25. The summed E-state index contributed by atoms with van der Waals surface area (Å²) in [6, 6.07) is 5.51. The van der Waals surface area contributed by atoms with Crippen molar-refractivity contribution in [2.45, 2.75) is 0 Å². The van der Waals surface area contributed by atoms with E-state index in [0.29, 0.717) is 0 Å². The molecule has 92 valence electrons. The first-order valence-corrected chi connectivity index (χ1v) is 4.93. The highest BCUT2D eigenvalue weighted by Gasteiger charge is 2.12. The van der Waals surface area contributed by atoms with Crippen molar-refractivity contribution in [1.82, 2.24) is 9.97 Å². The Labute approximate surface area is 102 Å². The Balaban J connectivity index is 2.35. The number of oxime groups is 1. The van der Waals surface area contributed by atoms with Crippen LogP contribution >= 0.6 is 0 Å². The van der Waals surface area contributed by atoms with Gasteiger partial charge < -0.3 is 15.7 Å². The second kappa shape index (κ2) is 5.09. The first-order valence-electron chi connectivity index (χ1n) is 4.93. The summed E-state index contributed by atoms with van der Waals surface area (Å²) in [5.41, 5.74) is 5.50. The van der Waals surface area contributed by atoms with Crippen LogP contribution in [-0.2, 0) is 0 Å². The van der Waals surface area contributed by atoms with Crippen LogP contribution in [0.15, 0.2) is 41.8 Å². The zero-order chi connectivity index (χ0) is 13.0. The molecule has 1 aromatic carbocycles. The number of halogens is 1. The number of benzene rings is 1. The van der Waals surface area contributed by atoms with Crippen LogP contribution in [0.5, 0.6) is 11.6 Å². The molecule has 3 N–H and O–H groups in total. The maximum absolute atomic E-state index is 13.0. The highest BCUT2D eigenvalue weighted by Crippen LogP contribution is 2.21. The maximum atomic E-state index is 13.0. The lowest BCUT2D eigenvalue weighted by Gasteiger charge is -2.07. The fourth-order valence-corrected chi connectivity index (χ4v) is 1.27. The lowest BCUT2D eigenvalue weighted by molar-refractivity contribution is 0.318. The number of nitrogens with two attached hydrogens (primary N) is 1. The number of amidine groups is 1. The normalized spacial score (nSPS) is 11.3. The number of hydrogen-bond donors (Lipinski definition) is 2. The maximum Gasteiger partial charge on any atom is 0.249 e. The van der Waals surface area contributed by atoms with Gasteiger partial charge in [0.25, 0.3) is 0 Å². The Morgan fingerprint density at radius 3 is 2.83 bits per heavy atom. The molecule has 2 rings (SSSR count). The third kappa shape index (κ3) is 2.51. The van der Waals surface area contributed by atoms with E-state index in [1.165, 1.54) is 30.6 Å². The SMILES string of the molecule is N/C(=N/O)c1nccnc1Oc1cccc(F)c1. The van der Waals surface area contributed by atoms with Gasteiger partial charge in [-0.1, -0.05) is 11.2 Å². The zero-order valence-corrected chi connectivity index (χ0v) is 9.12. The molecule has 0 unspecified atom stereocenters. The molecule has 0 saturated heterocycles. The van der Waals surface area contributed by atoms with E-state index in [1.54, 1.807) is 6.07 Å². The third-order valence-corrected chi connectivity index (χ3v) is 2.03. The lowest BCUT2D eigenvalue weighted by Crippen LogP contribution is -2.16. The molecule has 0 aliphatic heterocycles. The number of ether oxygens (including phenoxy) is 1. The summed E-state index contributed by atoms with van der Waals surface area (Å²) in [6.07, 6.45) is 2.74. The van der Waals surface area contributed by atoms with Crippen LogP contribution in [0.25, 0.3) is 0 Å². The van der Waals surface area contributed by atoms with Crippen molar-refractivity contribution < 1.29 is 14.3 Å². The summed E-state index contributed by atoms with van der Waals surface area (Å²) < 4.78 is 18.3. The molecule has 0 atom stereocenters. The molecule has 0 radical (unpaired) electrons. The zero-order valence-electron chi connectivity index (χ0n) is 9.12. The van der Waals surface area contributed by atoms with E-state index in [1.807, 2.05) is 0 Å². The van der Waals surface area contributed by atoms with Crippen molar-refractivity contribution in [1.29, 1.82) is 0 Å². The lowest BCUT2D eigenvalue weighted by atomic mass is 10.3. The highest BCUT2D eigenvalue weighted by molar-refractivity contribution is 5.97. The van der Waals surface area contributed by atoms with Gasteiger partial charge in [-0.3, -0.25) is 0 Å². The van der Waals surface area contributed by atoms with Gasteiger partial charge in [0.15, 0.2) is 11.5 Å². The Morgan fingerprint density at radius 1 is 1.33 bits per heavy atom. The molecule has 1 heterocycles. The van der Waals surface area contributed by atoms with E-state index in [2.05, 4.69) is 15.1 Å². The minimum absolute atomic E-state index is 0.0263. The predicted molar refractivity (Wildman–Crippen MR) is 61.0 cm³/mol. The predicted octanol–water partition coefficient (Wildman–Crippen LogP) is 1.50. The van der Waals surface area contributed by atoms with E-state index in [4.69, 9.17) is 15.7 Å². The van der Waals surface area contributed by atoms with E-state index >= 15 is 0 Å². The van der Waals surface area contributed by atoms with Crippen molar-refractivity contribution in [3.63, 3.8) is 0 Å². The Hall–Kier alpha value is -2.70. The molecule has 0 fully saturated rings. The molecule has 0 aliphatic carbocycles. The Kier molecular flexibility index (Phi) is 3.33. The molecule has 7 heteroatoms. The largest absolute Gasteiger partial charge is 0.437 e. The molecule has 18 heavy (non-hydrogen) atoms. The molecule has 0 spiro atoms. The van der Waals surface area contributed by atoms with E-state index in [0.717, 1.165) is 0 Å². The van der Waals surface area contributed by atoms with Crippen LogP contribution in [0.2, 0.25) is 0 Å². The van der Waals surface area contributed by atoms with Gasteiger partial charge in [0.2, 0.25) is 5.88 Å². The van der Waals surface area contributed by atoms with Crippen LogP contribution in [0, 0.1) is 5.82 Å². The summed E-state index contributed by atoms with van der Waals surface area (Å²) in [6.45, 7) is 0. The summed E-state index contributed by atoms with van der Waals surface area (Å²) in [5.74, 6) is -0.419. The summed E-state index contributed by atoms with van der Waals surface area (Å²) in [7, 11) is 0. The average molecular weight is 248 g/mol. The first-order chi connectivity index (χ1) is 8.70.